The van der Waals surface area contributed by atoms with E-state index in [9.17, 15) is 4.39 Å². The Balaban J connectivity index is 1.85. The zero-order valence-corrected chi connectivity index (χ0v) is 8.82. The highest BCUT2D eigenvalue weighted by molar-refractivity contribution is 7.99. The number of hydrogen-bond acceptors (Lipinski definition) is 2. The third-order valence-electron chi connectivity index (χ3n) is 2.41. The lowest BCUT2D eigenvalue weighted by Gasteiger charge is -2.10. The van der Waals surface area contributed by atoms with Crippen LogP contribution in [0.4, 0.5) is 4.39 Å². The second-order valence-corrected chi connectivity index (χ2v) is 4.72. The molecule has 0 radical (unpaired) electrons. The molecule has 1 aromatic carbocycles. The Hall–Kier alpha value is -0.540. The number of nitrogens with one attached hydrogen (secondary N) is 1. The van der Waals surface area contributed by atoms with E-state index in [0.29, 0.717) is 6.04 Å². The minimum Gasteiger partial charge on any atom is -0.309 e. The van der Waals surface area contributed by atoms with Gasteiger partial charge in [-0.2, -0.15) is 11.8 Å². The third kappa shape index (κ3) is 2.72. The summed E-state index contributed by atoms with van der Waals surface area (Å²) in [7, 11) is 0. The van der Waals surface area contributed by atoms with Gasteiger partial charge in [0.1, 0.15) is 5.82 Å². The van der Waals surface area contributed by atoms with Crippen molar-refractivity contribution in [3.63, 3.8) is 0 Å². The number of halogens is 1. The standard InChI is InChI=1S/C11H14FNS/c12-10-3-1-2-9(6-10)7-13-11-4-5-14-8-11/h1-3,6,11,13H,4-5,7-8H2. The summed E-state index contributed by atoms with van der Waals surface area (Å²) in [5.41, 5.74) is 1.03. The van der Waals surface area contributed by atoms with Crippen molar-refractivity contribution in [1.82, 2.24) is 5.32 Å². The average molecular weight is 211 g/mol. The summed E-state index contributed by atoms with van der Waals surface area (Å²) in [6.07, 6.45) is 1.24. The molecule has 3 heteroatoms. The maximum atomic E-state index is 12.8. The SMILES string of the molecule is Fc1cccc(CNC2CCSC2)c1. The molecule has 1 atom stereocenters. The van der Waals surface area contributed by atoms with E-state index in [1.165, 1.54) is 24.0 Å². The molecular formula is C11H14FNS. The van der Waals surface area contributed by atoms with Gasteiger partial charge in [-0.05, 0) is 29.9 Å². The molecule has 2 rings (SSSR count). The highest BCUT2D eigenvalue weighted by Crippen LogP contribution is 2.17. The smallest absolute Gasteiger partial charge is 0.123 e. The number of rotatable bonds is 3. The van der Waals surface area contributed by atoms with E-state index in [1.54, 1.807) is 12.1 Å². The predicted octanol–water partition coefficient (Wildman–Crippen LogP) is 2.42. The van der Waals surface area contributed by atoms with Crippen LogP contribution in [-0.2, 0) is 6.54 Å². The summed E-state index contributed by atoms with van der Waals surface area (Å²) in [5, 5.41) is 3.44. The van der Waals surface area contributed by atoms with Gasteiger partial charge in [0, 0.05) is 18.3 Å². The topological polar surface area (TPSA) is 12.0 Å². The molecule has 0 aliphatic carbocycles. The summed E-state index contributed by atoms with van der Waals surface area (Å²) in [4.78, 5) is 0. The largest absolute Gasteiger partial charge is 0.309 e. The van der Waals surface area contributed by atoms with Crippen molar-refractivity contribution in [2.45, 2.75) is 19.0 Å². The van der Waals surface area contributed by atoms with Gasteiger partial charge in [-0.15, -0.1) is 0 Å². The molecule has 1 saturated heterocycles. The fraction of sp³-hybridized carbons (Fsp3) is 0.455. The van der Waals surface area contributed by atoms with Gasteiger partial charge in [-0.3, -0.25) is 0 Å². The fourth-order valence-electron chi connectivity index (χ4n) is 1.60. The van der Waals surface area contributed by atoms with E-state index < -0.39 is 0 Å². The van der Waals surface area contributed by atoms with Crippen LogP contribution in [0.3, 0.4) is 0 Å². The first-order valence-corrected chi connectivity index (χ1v) is 6.05. The molecule has 1 aliphatic heterocycles. The molecule has 0 amide bonds. The first-order valence-electron chi connectivity index (χ1n) is 4.90. The van der Waals surface area contributed by atoms with E-state index in [0.717, 1.165) is 12.1 Å². The lowest BCUT2D eigenvalue weighted by molar-refractivity contribution is 0.554. The third-order valence-corrected chi connectivity index (χ3v) is 3.58. The Morgan fingerprint density at radius 2 is 2.43 bits per heavy atom. The van der Waals surface area contributed by atoms with Crippen molar-refractivity contribution >= 4 is 11.8 Å². The van der Waals surface area contributed by atoms with Crippen molar-refractivity contribution < 1.29 is 4.39 Å². The Morgan fingerprint density at radius 3 is 3.14 bits per heavy atom. The molecule has 0 bridgehead atoms. The van der Waals surface area contributed by atoms with Crippen LogP contribution in [0.15, 0.2) is 24.3 Å². The monoisotopic (exact) mass is 211 g/mol. The Kier molecular flexibility index (Phi) is 3.43. The molecule has 1 aromatic rings. The lowest BCUT2D eigenvalue weighted by Crippen LogP contribution is -2.27. The van der Waals surface area contributed by atoms with Crippen molar-refractivity contribution in [2.75, 3.05) is 11.5 Å². The average Bonchev–Trinajstić information content (AvgIpc) is 2.67. The van der Waals surface area contributed by atoms with Gasteiger partial charge in [-0.1, -0.05) is 12.1 Å². The highest BCUT2D eigenvalue weighted by atomic mass is 32.2. The van der Waals surface area contributed by atoms with Crippen molar-refractivity contribution in [1.29, 1.82) is 0 Å². The summed E-state index contributed by atoms with van der Waals surface area (Å²) >= 11 is 1.98. The van der Waals surface area contributed by atoms with Crippen LogP contribution in [0.5, 0.6) is 0 Å². The minimum atomic E-state index is -0.148. The minimum absolute atomic E-state index is 0.148. The molecular weight excluding hydrogens is 197 g/mol. The van der Waals surface area contributed by atoms with Gasteiger partial charge in [0.25, 0.3) is 0 Å². The summed E-state index contributed by atoms with van der Waals surface area (Å²) < 4.78 is 12.8. The van der Waals surface area contributed by atoms with Gasteiger partial charge < -0.3 is 5.32 Å². The van der Waals surface area contributed by atoms with Gasteiger partial charge >= 0.3 is 0 Å². The first kappa shape index (κ1) is 9.99. The maximum absolute atomic E-state index is 12.8. The molecule has 1 heterocycles. The molecule has 1 unspecified atom stereocenters. The van der Waals surface area contributed by atoms with E-state index in [-0.39, 0.29) is 5.82 Å². The fourth-order valence-corrected chi connectivity index (χ4v) is 2.79. The Labute approximate surface area is 88.1 Å². The van der Waals surface area contributed by atoms with E-state index in [1.807, 2.05) is 17.8 Å². The zero-order valence-electron chi connectivity index (χ0n) is 8.00. The zero-order chi connectivity index (χ0) is 9.80. The molecule has 1 N–H and O–H groups in total. The summed E-state index contributed by atoms with van der Waals surface area (Å²) in [5.74, 6) is 2.29. The highest BCUT2D eigenvalue weighted by Gasteiger charge is 2.14. The van der Waals surface area contributed by atoms with Crippen LogP contribution in [0.2, 0.25) is 0 Å². The van der Waals surface area contributed by atoms with Crippen LogP contribution in [0, 0.1) is 5.82 Å². The quantitative estimate of drug-likeness (QED) is 0.824. The molecule has 14 heavy (non-hydrogen) atoms. The van der Waals surface area contributed by atoms with Crippen LogP contribution in [0.25, 0.3) is 0 Å². The van der Waals surface area contributed by atoms with Crippen molar-refractivity contribution in [3.8, 4) is 0 Å². The van der Waals surface area contributed by atoms with Crippen LogP contribution < -0.4 is 5.32 Å². The van der Waals surface area contributed by atoms with Crippen LogP contribution in [-0.4, -0.2) is 17.5 Å². The lowest BCUT2D eigenvalue weighted by atomic mass is 10.2. The van der Waals surface area contributed by atoms with E-state index >= 15 is 0 Å². The molecule has 1 nitrogen and oxygen atoms in total. The van der Waals surface area contributed by atoms with Gasteiger partial charge in [0.05, 0.1) is 0 Å². The Morgan fingerprint density at radius 1 is 1.50 bits per heavy atom. The second kappa shape index (κ2) is 4.80. The molecule has 0 saturated carbocycles. The van der Waals surface area contributed by atoms with Gasteiger partial charge in [0.2, 0.25) is 0 Å². The molecule has 1 aliphatic rings. The maximum Gasteiger partial charge on any atom is 0.123 e. The van der Waals surface area contributed by atoms with E-state index in [2.05, 4.69) is 5.32 Å². The Bertz CT molecular complexity index is 297. The van der Waals surface area contributed by atoms with Gasteiger partial charge in [0.15, 0.2) is 0 Å². The second-order valence-electron chi connectivity index (χ2n) is 3.57. The summed E-state index contributed by atoms with van der Waals surface area (Å²) in [6, 6.07) is 7.40. The molecule has 76 valence electrons. The van der Waals surface area contributed by atoms with Crippen molar-refractivity contribution in [3.05, 3.63) is 35.6 Å². The molecule has 0 spiro atoms. The number of hydrogen-bond donors (Lipinski definition) is 1. The van der Waals surface area contributed by atoms with E-state index in [4.69, 9.17) is 0 Å². The normalized spacial score (nSPS) is 21.4. The van der Waals surface area contributed by atoms with Crippen molar-refractivity contribution in [2.24, 2.45) is 0 Å². The predicted molar refractivity (Wildman–Crippen MR) is 59.0 cm³/mol. The first-order chi connectivity index (χ1) is 6.84. The van der Waals surface area contributed by atoms with Crippen LogP contribution >= 0.6 is 11.8 Å². The van der Waals surface area contributed by atoms with Gasteiger partial charge in [-0.25, -0.2) is 4.39 Å². The number of benzene rings is 1. The number of thioether (sulfide) groups is 1. The molecule has 1 fully saturated rings. The summed E-state index contributed by atoms with van der Waals surface area (Å²) in [6.45, 7) is 0.781. The molecule has 0 aromatic heterocycles. The van der Waals surface area contributed by atoms with Crippen LogP contribution in [0.1, 0.15) is 12.0 Å².